The third kappa shape index (κ3) is 5.24. The maximum absolute atomic E-state index is 12.3. The molecule has 35 heavy (non-hydrogen) atoms. The summed E-state index contributed by atoms with van der Waals surface area (Å²) < 4.78 is 0. The zero-order chi connectivity index (χ0) is 24.4. The number of rotatable bonds is 6. The molecule has 0 bridgehead atoms. The van der Waals surface area contributed by atoms with E-state index in [0.717, 1.165) is 35.5 Å². The van der Waals surface area contributed by atoms with E-state index in [1.54, 1.807) is 10.9 Å². The zero-order valence-corrected chi connectivity index (χ0v) is 21.4. The second-order valence-corrected chi connectivity index (χ2v) is 11.2. The quantitative estimate of drug-likeness (QED) is 0.398. The maximum Gasteiger partial charge on any atom is 0.346 e. The van der Waals surface area contributed by atoms with Crippen LogP contribution in [0.15, 0.2) is 46.8 Å². The fourth-order valence-electron chi connectivity index (χ4n) is 5.22. The molecule has 0 unspecified atom stereocenters. The van der Waals surface area contributed by atoms with Crippen LogP contribution in [0, 0.1) is 5.92 Å². The molecule has 1 fully saturated rings. The molecule has 1 amide bonds. The number of carboxylic acid groups (broad SMARTS) is 1. The van der Waals surface area contributed by atoms with Crippen molar-refractivity contribution in [3.05, 3.63) is 62.9 Å². The number of anilines is 1. The molecule has 1 saturated carbocycles. The van der Waals surface area contributed by atoms with Crippen LogP contribution >= 0.6 is 22.7 Å². The highest BCUT2D eigenvalue weighted by molar-refractivity contribution is 7.17. The van der Waals surface area contributed by atoms with E-state index in [9.17, 15) is 14.7 Å². The summed E-state index contributed by atoms with van der Waals surface area (Å²) in [5.41, 5.74) is 7.25. The molecule has 5 rings (SSSR count). The Balaban J connectivity index is 1.45. The van der Waals surface area contributed by atoms with Crippen molar-refractivity contribution < 1.29 is 14.7 Å². The van der Waals surface area contributed by atoms with Gasteiger partial charge in [0, 0.05) is 34.6 Å². The predicted molar refractivity (Wildman–Crippen MR) is 142 cm³/mol. The van der Waals surface area contributed by atoms with Crippen molar-refractivity contribution in [1.82, 2.24) is 9.88 Å². The first-order valence-corrected chi connectivity index (χ1v) is 13.8. The smallest absolute Gasteiger partial charge is 0.346 e. The first kappa shape index (κ1) is 23.9. The Hall–Kier alpha value is -2.81. The second-order valence-electron chi connectivity index (χ2n) is 9.39. The van der Waals surface area contributed by atoms with Gasteiger partial charge >= 0.3 is 5.97 Å². The summed E-state index contributed by atoms with van der Waals surface area (Å²) in [6, 6.07) is 9.63. The number of hydrogen-bond donors (Lipinski definition) is 2. The first-order valence-electron chi connectivity index (χ1n) is 12.1. The largest absolute Gasteiger partial charge is 0.477 e. The second kappa shape index (κ2) is 10.4. The maximum atomic E-state index is 12.3. The molecule has 8 heteroatoms. The number of hydrogen-bond acceptors (Lipinski definition) is 6. The lowest BCUT2D eigenvalue weighted by Crippen LogP contribution is -2.31. The molecule has 3 heterocycles. The monoisotopic (exact) mass is 507 g/mol. The Kier molecular flexibility index (Phi) is 7.13. The van der Waals surface area contributed by atoms with E-state index in [1.807, 2.05) is 24.3 Å². The number of thiazole rings is 1. The van der Waals surface area contributed by atoms with E-state index >= 15 is 0 Å². The molecule has 0 saturated heterocycles. The van der Waals surface area contributed by atoms with E-state index in [4.69, 9.17) is 0 Å². The van der Waals surface area contributed by atoms with Crippen molar-refractivity contribution in [1.29, 1.82) is 0 Å². The van der Waals surface area contributed by atoms with Crippen LogP contribution < -0.4 is 5.32 Å². The fourth-order valence-corrected chi connectivity index (χ4v) is 6.78. The van der Waals surface area contributed by atoms with Crippen molar-refractivity contribution in [2.75, 3.05) is 25.5 Å². The molecule has 1 aromatic carbocycles. The van der Waals surface area contributed by atoms with E-state index in [0.29, 0.717) is 22.2 Å². The standard InChI is InChI=1S/C27H29N3O3S2/c1-30-12-11-20(22(14-30)17-5-3-2-4-6-17)21-13-24(35-25(21)27(32)33)18-7-9-19(10-8-18)29-26(31)23-15-34-16-28-23/h7-10,13,15-17H,2-6,11-12,14H2,1H3,(H,29,31)(H,32,33). The molecule has 1 aliphatic heterocycles. The van der Waals surface area contributed by atoms with Crippen molar-refractivity contribution in [2.24, 2.45) is 5.92 Å². The summed E-state index contributed by atoms with van der Waals surface area (Å²) in [7, 11) is 2.16. The number of aromatic carboxylic acids is 1. The van der Waals surface area contributed by atoms with Gasteiger partial charge in [0.25, 0.3) is 5.91 Å². The predicted octanol–water partition coefficient (Wildman–Crippen LogP) is 6.49. The van der Waals surface area contributed by atoms with Crippen LogP contribution in [0.4, 0.5) is 5.69 Å². The highest BCUT2D eigenvalue weighted by Crippen LogP contribution is 2.42. The number of nitrogens with one attached hydrogen (secondary N) is 1. The van der Waals surface area contributed by atoms with Gasteiger partial charge in [-0.15, -0.1) is 22.7 Å². The number of amides is 1. The van der Waals surface area contributed by atoms with Crippen LogP contribution in [-0.4, -0.2) is 47.0 Å². The number of benzene rings is 1. The molecule has 2 N–H and O–H groups in total. The number of carboxylic acids is 1. The Bertz CT molecular complexity index is 1240. The van der Waals surface area contributed by atoms with Gasteiger partial charge in [0.05, 0.1) is 5.51 Å². The summed E-state index contributed by atoms with van der Waals surface area (Å²) in [6.07, 6.45) is 7.13. The average molecular weight is 508 g/mol. The minimum absolute atomic E-state index is 0.241. The van der Waals surface area contributed by atoms with Gasteiger partial charge < -0.3 is 15.3 Å². The minimum atomic E-state index is -0.863. The lowest BCUT2D eigenvalue weighted by molar-refractivity contribution is 0.0701. The van der Waals surface area contributed by atoms with Crippen LogP contribution in [0.25, 0.3) is 16.0 Å². The topological polar surface area (TPSA) is 82.5 Å². The van der Waals surface area contributed by atoms with Crippen LogP contribution in [-0.2, 0) is 0 Å². The molecule has 2 aromatic heterocycles. The fraction of sp³-hybridized carbons (Fsp3) is 0.370. The van der Waals surface area contributed by atoms with Gasteiger partial charge in [0.15, 0.2) is 0 Å². The molecular formula is C27H29N3O3S2. The molecule has 0 radical (unpaired) electrons. The number of carbonyl (C=O) groups excluding carboxylic acids is 1. The Morgan fingerprint density at radius 1 is 1.14 bits per heavy atom. The summed E-state index contributed by atoms with van der Waals surface area (Å²) in [5.74, 6) is -0.542. The highest BCUT2D eigenvalue weighted by atomic mass is 32.1. The average Bonchev–Trinajstić information content (AvgIpc) is 3.56. The molecule has 0 spiro atoms. The van der Waals surface area contributed by atoms with Crippen molar-refractivity contribution >= 4 is 45.8 Å². The molecule has 3 aromatic rings. The van der Waals surface area contributed by atoms with Gasteiger partial charge in [-0.25, -0.2) is 9.78 Å². The summed E-state index contributed by atoms with van der Waals surface area (Å²) >= 11 is 2.72. The van der Waals surface area contributed by atoms with Gasteiger partial charge in [0.2, 0.25) is 0 Å². The molecule has 182 valence electrons. The summed E-state index contributed by atoms with van der Waals surface area (Å²) in [6.45, 7) is 1.88. The third-order valence-electron chi connectivity index (χ3n) is 7.01. The zero-order valence-electron chi connectivity index (χ0n) is 19.8. The third-order valence-corrected chi connectivity index (χ3v) is 8.77. The Labute approximate surface area is 213 Å². The number of likely N-dealkylation sites (N-methyl/N-ethyl adjacent to an activating group) is 1. The minimum Gasteiger partial charge on any atom is -0.477 e. The molecule has 2 aliphatic rings. The number of aromatic nitrogens is 1. The number of thiophene rings is 1. The molecule has 1 aliphatic carbocycles. The SMILES string of the molecule is CN1CCC(c2cc(-c3ccc(NC(=O)c4cscn4)cc3)sc2C(=O)O)=C(C2CCCCC2)C1. The van der Waals surface area contributed by atoms with Crippen molar-refractivity contribution in [3.63, 3.8) is 0 Å². The van der Waals surface area contributed by atoms with Gasteiger partial charge in [-0.1, -0.05) is 31.4 Å². The van der Waals surface area contributed by atoms with Crippen molar-refractivity contribution in [3.8, 4) is 10.4 Å². The summed E-state index contributed by atoms with van der Waals surface area (Å²) in [4.78, 5) is 32.3. The molecule has 0 atom stereocenters. The lowest BCUT2D eigenvalue weighted by Gasteiger charge is -2.34. The lowest BCUT2D eigenvalue weighted by atomic mass is 9.78. The van der Waals surface area contributed by atoms with Gasteiger partial charge in [-0.3, -0.25) is 4.79 Å². The van der Waals surface area contributed by atoms with E-state index in [1.165, 1.54) is 65.9 Å². The van der Waals surface area contributed by atoms with Crippen LogP contribution in [0.5, 0.6) is 0 Å². The van der Waals surface area contributed by atoms with Gasteiger partial charge in [-0.2, -0.15) is 0 Å². The summed E-state index contributed by atoms with van der Waals surface area (Å²) in [5, 5.41) is 14.6. The molecule has 6 nitrogen and oxygen atoms in total. The number of nitrogens with zero attached hydrogens (tertiary/aromatic N) is 2. The van der Waals surface area contributed by atoms with E-state index < -0.39 is 5.97 Å². The molecular weight excluding hydrogens is 478 g/mol. The highest BCUT2D eigenvalue weighted by Gasteiger charge is 2.29. The normalized spacial score (nSPS) is 17.5. The number of carbonyl (C=O) groups is 2. The van der Waals surface area contributed by atoms with Crippen LogP contribution in [0.3, 0.4) is 0 Å². The van der Waals surface area contributed by atoms with E-state index in [2.05, 4.69) is 28.3 Å². The van der Waals surface area contributed by atoms with Crippen molar-refractivity contribution in [2.45, 2.75) is 38.5 Å². The Morgan fingerprint density at radius 3 is 2.60 bits per heavy atom. The van der Waals surface area contributed by atoms with E-state index in [-0.39, 0.29) is 5.91 Å². The van der Waals surface area contributed by atoms with Crippen LogP contribution in [0.1, 0.15) is 64.2 Å². The van der Waals surface area contributed by atoms with Crippen LogP contribution in [0.2, 0.25) is 0 Å². The van der Waals surface area contributed by atoms with Gasteiger partial charge in [0.1, 0.15) is 10.6 Å². The first-order chi connectivity index (χ1) is 17.0. The van der Waals surface area contributed by atoms with Gasteiger partial charge in [-0.05, 0) is 67.1 Å². The Morgan fingerprint density at radius 2 is 1.91 bits per heavy atom.